The second-order valence-electron chi connectivity index (χ2n) is 5.14. The fourth-order valence-electron chi connectivity index (χ4n) is 2.32. The number of carboxylic acid groups (broad SMARTS) is 1. The minimum absolute atomic E-state index is 0.0478. The molecule has 2 rings (SSSR count). The van der Waals surface area contributed by atoms with E-state index in [0.717, 1.165) is 9.87 Å². The fourth-order valence-corrected chi connectivity index (χ4v) is 3.67. The first-order chi connectivity index (χ1) is 10.3. The minimum Gasteiger partial charge on any atom is -0.506 e. The summed E-state index contributed by atoms with van der Waals surface area (Å²) in [7, 11) is -3.35. The van der Waals surface area contributed by atoms with E-state index in [-0.39, 0.29) is 24.4 Å². The van der Waals surface area contributed by atoms with Crippen LogP contribution in [0.5, 0.6) is 5.75 Å². The van der Waals surface area contributed by atoms with E-state index in [4.69, 9.17) is 5.11 Å². The van der Waals surface area contributed by atoms with Gasteiger partial charge in [-0.25, -0.2) is 0 Å². The number of benzene rings is 1. The molecule has 0 spiro atoms. The number of aliphatic carboxylic acids is 1. The van der Waals surface area contributed by atoms with Crippen molar-refractivity contribution in [2.45, 2.75) is 31.9 Å². The van der Waals surface area contributed by atoms with Crippen LogP contribution in [0, 0.1) is 0 Å². The maximum atomic E-state index is 10.4. The Morgan fingerprint density at radius 1 is 1.36 bits per heavy atom. The summed E-state index contributed by atoms with van der Waals surface area (Å²) in [5.41, 5.74) is 1.05. The van der Waals surface area contributed by atoms with Crippen LogP contribution in [0.2, 0.25) is 0 Å². The van der Waals surface area contributed by atoms with E-state index >= 15 is 0 Å². The van der Waals surface area contributed by atoms with Crippen LogP contribution in [-0.4, -0.2) is 43.2 Å². The number of phenolic OH excluding ortho intramolecular Hbond substituents is 1. The van der Waals surface area contributed by atoms with E-state index < -0.39 is 23.2 Å². The van der Waals surface area contributed by atoms with E-state index in [2.05, 4.69) is 4.72 Å². The molecule has 9 heteroatoms. The van der Waals surface area contributed by atoms with Crippen LogP contribution in [0.15, 0.2) is 18.2 Å². The third-order valence-electron chi connectivity index (χ3n) is 3.35. The van der Waals surface area contributed by atoms with Gasteiger partial charge in [0.15, 0.2) is 0 Å². The number of phenols is 1. The molecular weight excluding hydrogens is 312 g/mol. The fraction of sp³-hybridized carbons (Fsp3) is 0.462. The summed E-state index contributed by atoms with van der Waals surface area (Å²) in [5.74, 6) is -0.949. The summed E-state index contributed by atoms with van der Waals surface area (Å²) in [5, 5.41) is 28.1. The van der Waals surface area contributed by atoms with E-state index in [1.54, 1.807) is 12.1 Å². The Morgan fingerprint density at radius 3 is 2.64 bits per heavy atom. The van der Waals surface area contributed by atoms with Crippen molar-refractivity contribution in [2.24, 2.45) is 0 Å². The molecule has 1 aliphatic heterocycles. The van der Waals surface area contributed by atoms with Crippen molar-refractivity contribution in [3.05, 3.63) is 23.8 Å². The van der Waals surface area contributed by atoms with Crippen molar-refractivity contribution >= 4 is 22.6 Å². The average Bonchev–Trinajstić information content (AvgIpc) is 2.67. The van der Waals surface area contributed by atoms with Gasteiger partial charge in [-0.1, -0.05) is 17.0 Å². The van der Waals surface area contributed by atoms with Crippen LogP contribution in [0.4, 0.5) is 5.69 Å². The smallest absolute Gasteiger partial charge is 0.303 e. The first-order valence-corrected chi connectivity index (χ1v) is 8.35. The normalized spacial score (nSPS) is 21.8. The monoisotopic (exact) mass is 332 g/mol. The second-order valence-corrected chi connectivity index (χ2v) is 6.85. The van der Waals surface area contributed by atoms with Crippen LogP contribution in [0.25, 0.3) is 0 Å². The number of nitrogens with zero attached hydrogens (tertiary/aromatic N) is 1. The molecular formula is C13H20N2O6S. The minimum atomic E-state index is -3.35. The lowest BCUT2D eigenvalue weighted by molar-refractivity contribution is -0.137. The first-order valence-electron chi connectivity index (χ1n) is 6.84. The highest BCUT2D eigenvalue weighted by Gasteiger charge is 2.36. The zero-order chi connectivity index (χ0) is 16.3. The molecule has 6 N–H and O–H groups in total. The molecule has 0 amide bonds. The van der Waals surface area contributed by atoms with E-state index in [0.29, 0.717) is 19.3 Å². The van der Waals surface area contributed by atoms with Crippen LogP contribution in [0.3, 0.4) is 0 Å². The topological polar surface area (TPSA) is 133 Å². The van der Waals surface area contributed by atoms with Crippen LogP contribution < -0.4 is 9.03 Å². The Kier molecular flexibility index (Phi) is 5.14. The third kappa shape index (κ3) is 4.02. The Balaban J connectivity index is 2.02. The largest absolute Gasteiger partial charge is 0.506 e. The number of rotatable bonds is 6. The number of aliphatic hydroxyl groups is 1. The van der Waals surface area contributed by atoms with Crippen molar-refractivity contribution in [1.82, 2.24) is 4.72 Å². The Bertz CT molecular complexity index is 553. The first kappa shape index (κ1) is 16.8. The van der Waals surface area contributed by atoms with Gasteiger partial charge in [-0.15, -0.1) is 0 Å². The molecule has 1 unspecified atom stereocenters. The SMILES string of the molecule is O=C(O)CCCCc1ccc(N2CC(O)NS2(O)O)c(O)c1. The van der Waals surface area contributed by atoms with Crippen molar-refractivity contribution in [3.63, 3.8) is 0 Å². The molecule has 8 nitrogen and oxygen atoms in total. The van der Waals surface area contributed by atoms with E-state index in [1.807, 2.05) is 0 Å². The molecule has 1 saturated heterocycles. The lowest BCUT2D eigenvalue weighted by Gasteiger charge is -2.36. The van der Waals surface area contributed by atoms with Gasteiger partial charge in [-0.2, -0.15) is 4.72 Å². The van der Waals surface area contributed by atoms with Crippen molar-refractivity contribution in [3.8, 4) is 5.75 Å². The van der Waals surface area contributed by atoms with Crippen LogP contribution >= 0.6 is 11.0 Å². The van der Waals surface area contributed by atoms with Gasteiger partial charge in [0.2, 0.25) is 0 Å². The molecule has 1 aromatic carbocycles. The maximum absolute atomic E-state index is 10.4. The summed E-state index contributed by atoms with van der Waals surface area (Å²) < 4.78 is 23.0. The molecule has 0 aliphatic carbocycles. The number of nitrogens with one attached hydrogen (secondary N) is 1. The lowest BCUT2D eigenvalue weighted by atomic mass is 10.1. The van der Waals surface area contributed by atoms with Gasteiger partial charge >= 0.3 is 5.97 Å². The number of aromatic hydroxyl groups is 1. The summed E-state index contributed by atoms with van der Waals surface area (Å²) in [6, 6.07) is 4.79. The van der Waals surface area contributed by atoms with E-state index in [1.165, 1.54) is 6.07 Å². The number of β-amino-alcohol motifs (C(OH)–C–C–N with tert-alkyl or cyclic N) is 1. The number of carbonyl (C=O) groups is 1. The zero-order valence-electron chi connectivity index (χ0n) is 11.8. The molecule has 1 fully saturated rings. The van der Waals surface area contributed by atoms with Crippen LogP contribution in [0.1, 0.15) is 24.8 Å². The van der Waals surface area contributed by atoms with Gasteiger partial charge in [-0.05, 0) is 37.0 Å². The molecule has 1 aromatic rings. The molecule has 0 radical (unpaired) electrons. The summed E-state index contributed by atoms with van der Waals surface area (Å²) in [6.07, 6.45) is 0.894. The molecule has 22 heavy (non-hydrogen) atoms. The van der Waals surface area contributed by atoms with Gasteiger partial charge in [0.1, 0.15) is 17.7 Å². The highest BCUT2D eigenvalue weighted by molar-refractivity contribution is 8.24. The quantitative estimate of drug-likeness (QED) is 0.432. The van der Waals surface area contributed by atoms with Crippen LogP contribution in [-0.2, 0) is 11.2 Å². The van der Waals surface area contributed by atoms with Crippen molar-refractivity contribution in [2.75, 3.05) is 10.8 Å². The van der Waals surface area contributed by atoms with Crippen molar-refractivity contribution < 1.29 is 29.2 Å². The number of unbranched alkanes of at least 4 members (excludes halogenated alkanes) is 1. The molecule has 124 valence electrons. The predicted molar refractivity (Wildman–Crippen MR) is 82.6 cm³/mol. The maximum Gasteiger partial charge on any atom is 0.303 e. The number of carboxylic acids is 1. The number of aliphatic hydroxyl groups excluding tert-OH is 1. The predicted octanol–water partition coefficient (Wildman–Crippen LogP) is 1.50. The third-order valence-corrected chi connectivity index (χ3v) is 4.90. The van der Waals surface area contributed by atoms with E-state index in [9.17, 15) is 24.1 Å². The van der Waals surface area contributed by atoms with Crippen molar-refractivity contribution in [1.29, 1.82) is 0 Å². The lowest BCUT2D eigenvalue weighted by Crippen LogP contribution is -2.25. The molecule has 0 saturated carbocycles. The number of hydrogen-bond donors (Lipinski definition) is 6. The molecule has 1 heterocycles. The highest BCUT2D eigenvalue weighted by atomic mass is 32.3. The molecule has 1 aliphatic rings. The molecule has 1 atom stereocenters. The number of aryl methyl sites for hydroxylation is 1. The summed E-state index contributed by atoms with van der Waals surface area (Å²) in [6.45, 7) is -0.0478. The molecule has 0 bridgehead atoms. The summed E-state index contributed by atoms with van der Waals surface area (Å²) in [4.78, 5) is 10.4. The van der Waals surface area contributed by atoms with Gasteiger partial charge in [0.25, 0.3) is 0 Å². The number of anilines is 1. The van der Waals surface area contributed by atoms with Gasteiger partial charge < -0.3 is 15.3 Å². The van der Waals surface area contributed by atoms with Gasteiger partial charge in [-0.3, -0.25) is 18.2 Å². The molecule has 0 aromatic heterocycles. The Labute approximate surface area is 129 Å². The highest BCUT2D eigenvalue weighted by Crippen LogP contribution is 2.49. The average molecular weight is 332 g/mol. The Hall–Kier alpha value is -1.52. The Morgan fingerprint density at radius 2 is 2.09 bits per heavy atom. The van der Waals surface area contributed by atoms with Gasteiger partial charge in [0.05, 0.1) is 6.54 Å². The standard InChI is InChI=1S/C13H20N2O6S/c16-11-7-9(3-1-2-4-13(18)19)5-6-10(11)15-8-12(17)14-22(15,20)21/h5-7,12,14,16-17,20-21H,1-4,8H2,(H,18,19). The summed E-state index contributed by atoms with van der Waals surface area (Å²) >= 11 is 0. The van der Waals surface area contributed by atoms with Gasteiger partial charge in [0, 0.05) is 6.42 Å². The number of hydrogen-bond acceptors (Lipinski definition) is 7. The zero-order valence-corrected chi connectivity index (χ0v) is 12.7. The second kappa shape index (κ2) is 6.71.